The average molecular weight is 304 g/mol. The fraction of sp³-hybridized carbons (Fsp3) is 0.462. The van der Waals surface area contributed by atoms with Crippen LogP contribution in [0.3, 0.4) is 0 Å². The Bertz CT molecular complexity index is 692. The number of carbonyl (C=O) groups is 2. The van der Waals surface area contributed by atoms with E-state index >= 15 is 0 Å². The van der Waals surface area contributed by atoms with Crippen LogP contribution in [0.25, 0.3) is 11.2 Å². The molecule has 1 aliphatic heterocycles. The van der Waals surface area contributed by atoms with E-state index in [0.29, 0.717) is 43.9 Å². The van der Waals surface area contributed by atoms with E-state index in [-0.39, 0.29) is 12.1 Å². The van der Waals surface area contributed by atoms with Crippen LogP contribution in [-0.2, 0) is 4.74 Å². The van der Waals surface area contributed by atoms with Gasteiger partial charge < -0.3 is 14.5 Å². The molecule has 9 heteroatoms. The van der Waals surface area contributed by atoms with Crippen molar-refractivity contribution in [3.05, 3.63) is 18.3 Å². The minimum atomic E-state index is -0.345. The molecule has 0 N–H and O–H groups in total. The molecular formula is C13H16N6O3. The molecule has 1 saturated heterocycles. The summed E-state index contributed by atoms with van der Waals surface area (Å²) < 4.78 is 6.14. The van der Waals surface area contributed by atoms with Gasteiger partial charge in [0.25, 0.3) is 0 Å². The van der Waals surface area contributed by atoms with Crippen molar-refractivity contribution >= 4 is 23.3 Å². The Morgan fingerprint density at radius 2 is 1.95 bits per heavy atom. The smallest absolute Gasteiger partial charge is 0.409 e. The summed E-state index contributed by atoms with van der Waals surface area (Å²) in [5.41, 5.74) is 1.00. The second-order valence-corrected chi connectivity index (χ2v) is 4.80. The summed E-state index contributed by atoms with van der Waals surface area (Å²) in [7, 11) is 0. The lowest BCUT2D eigenvalue weighted by Crippen LogP contribution is -2.51. The topological polar surface area (TPSA) is 93.5 Å². The number of ether oxygens (including phenoxy) is 1. The largest absolute Gasteiger partial charge is 0.450 e. The Hall–Kier alpha value is -2.71. The minimum absolute atomic E-state index is 0.287. The van der Waals surface area contributed by atoms with E-state index in [2.05, 4.69) is 15.3 Å². The van der Waals surface area contributed by atoms with Crippen LogP contribution < -0.4 is 0 Å². The van der Waals surface area contributed by atoms with E-state index in [0.717, 1.165) is 0 Å². The molecule has 0 spiro atoms. The van der Waals surface area contributed by atoms with Crippen molar-refractivity contribution in [2.75, 3.05) is 32.8 Å². The molecule has 1 aliphatic rings. The van der Waals surface area contributed by atoms with Crippen LogP contribution in [0, 0.1) is 0 Å². The van der Waals surface area contributed by atoms with Crippen LogP contribution in [0.2, 0.25) is 0 Å². The average Bonchev–Trinajstić information content (AvgIpc) is 2.98. The lowest BCUT2D eigenvalue weighted by molar-refractivity contribution is 0.0851. The number of amides is 2. The third-order valence-electron chi connectivity index (χ3n) is 3.47. The summed E-state index contributed by atoms with van der Waals surface area (Å²) in [6.07, 6.45) is 1.25. The first kappa shape index (κ1) is 14.2. The zero-order valence-electron chi connectivity index (χ0n) is 12.2. The van der Waals surface area contributed by atoms with Crippen LogP contribution >= 0.6 is 0 Å². The fourth-order valence-electron chi connectivity index (χ4n) is 2.32. The first-order valence-corrected chi connectivity index (χ1v) is 7.08. The van der Waals surface area contributed by atoms with Gasteiger partial charge in [0.1, 0.15) is 5.52 Å². The predicted molar refractivity (Wildman–Crippen MR) is 76.3 cm³/mol. The van der Waals surface area contributed by atoms with Crippen LogP contribution in [0.15, 0.2) is 18.3 Å². The van der Waals surface area contributed by atoms with Crippen molar-refractivity contribution in [1.82, 2.24) is 29.8 Å². The van der Waals surface area contributed by atoms with Crippen LogP contribution in [-0.4, -0.2) is 74.7 Å². The predicted octanol–water partition coefficient (Wildman–Crippen LogP) is 0.568. The van der Waals surface area contributed by atoms with Gasteiger partial charge in [0.05, 0.1) is 6.61 Å². The molecule has 0 atom stereocenters. The molecule has 22 heavy (non-hydrogen) atoms. The highest BCUT2D eigenvalue weighted by molar-refractivity contribution is 5.85. The number of piperazine rings is 1. The highest BCUT2D eigenvalue weighted by Gasteiger charge is 2.27. The first-order valence-electron chi connectivity index (χ1n) is 7.08. The second kappa shape index (κ2) is 5.96. The standard InChI is InChI=1S/C13H16N6O3/c1-2-22-13(21)18-8-6-17(7-9-18)12(20)19-11-10(15-16-19)4-3-5-14-11/h3-5H,2,6-9H2,1H3. The van der Waals surface area contributed by atoms with E-state index in [1.54, 1.807) is 35.1 Å². The summed E-state index contributed by atoms with van der Waals surface area (Å²) in [6.45, 7) is 3.82. The van der Waals surface area contributed by atoms with Gasteiger partial charge in [-0.2, -0.15) is 0 Å². The van der Waals surface area contributed by atoms with Crippen molar-refractivity contribution in [2.45, 2.75) is 6.92 Å². The Labute approximate surface area is 126 Å². The molecule has 1 fully saturated rings. The van der Waals surface area contributed by atoms with Crippen molar-refractivity contribution in [2.24, 2.45) is 0 Å². The van der Waals surface area contributed by atoms with Gasteiger partial charge in [0, 0.05) is 32.4 Å². The molecule has 2 amide bonds. The lowest BCUT2D eigenvalue weighted by atomic mass is 10.3. The first-order chi connectivity index (χ1) is 10.7. The van der Waals surface area contributed by atoms with Crippen molar-refractivity contribution in [3.63, 3.8) is 0 Å². The maximum Gasteiger partial charge on any atom is 0.409 e. The van der Waals surface area contributed by atoms with E-state index in [1.807, 2.05) is 0 Å². The number of pyridine rings is 1. The van der Waals surface area contributed by atoms with Gasteiger partial charge in [-0.25, -0.2) is 14.6 Å². The molecule has 2 aromatic heterocycles. The highest BCUT2D eigenvalue weighted by atomic mass is 16.6. The van der Waals surface area contributed by atoms with E-state index in [1.165, 1.54) is 4.68 Å². The Kier molecular flexibility index (Phi) is 3.86. The Morgan fingerprint density at radius 1 is 1.23 bits per heavy atom. The van der Waals surface area contributed by atoms with E-state index < -0.39 is 0 Å². The normalized spacial score (nSPS) is 15.1. The number of hydrogen-bond donors (Lipinski definition) is 0. The molecule has 0 radical (unpaired) electrons. The molecule has 0 saturated carbocycles. The fourth-order valence-corrected chi connectivity index (χ4v) is 2.32. The molecular weight excluding hydrogens is 288 g/mol. The molecule has 116 valence electrons. The monoisotopic (exact) mass is 304 g/mol. The van der Waals surface area contributed by atoms with Gasteiger partial charge in [0.2, 0.25) is 0 Å². The van der Waals surface area contributed by atoms with Gasteiger partial charge in [0.15, 0.2) is 5.65 Å². The minimum Gasteiger partial charge on any atom is -0.450 e. The summed E-state index contributed by atoms with van der Waals surface area (Å²) in [5.74, 6) is 0. The van der Waals surface area contributed by atoms with Crippen LogP contribution in [0.1, 0.15) is 6.92 Å². The Morgan fingerprint density at radius 3 is 2.68 bits per heavy atom. The number of aromatic nitrogens is 4. The van der Waals surface area contributed by atoms with Crippen molar-refractivity contribution in [3.8, 4) is 0 Å². The molecule has 2 aromatic rings. The summed E-state index contributed by atoms with van der Waals surface area (Å²) in [6, 6.07) is 3.20. The number of fused-ring (bicyclic) bond motifs is 1. The number of rotatable bonds is 1. The van der Waals surface area contributed by atoms with Crippen LogP contribution in [0.5, 0.6) is 0 Å². The highest BCUT2D eigenvalue weighted by Crippen LogP contribution is 2.10. The molecule has 3 heterocycles. The SMILES string of the molecule is CCOC(=O)N1CCN(C(=O)n2nnc3cccnc32)CC1. The third-order valence-corrected chi connectivity index (χ3v) is 3.47. The zero-order valence-corrected chi connectivity index (χ0v) is 12.2. The number of hydrogen-bond acceptors (Lipinski definition) is 6. The molecule has 0 unspecified atom stereocenters. The van der Waals surface area contributed by atoms with Crippen LogP contribution in [0.4, 0.5) is 9.59 Å². The molecule has 9 nitrogen and oxygen atoms in total. The quantitative estimate of drug-likeness (QED) is 0.764. The van der Waals surface area contributed by atoms with Gasteiger partial charge in [-0.3, -0.25) is 0 Å². The van der Waals surface area contributed by atoms with E-state index in [4.69, 9.17) is 4.74 Å². The molecule has 3 rings (SSSR count). The maximum atomic E-state index is 12.5. The van der Waals surface area contributed by atoms with Gasteiger partial charge in [-0.1, -0.05) is 5.21 Å². The van der Waals surface area contributed by atoms with E-state index in [9.17, 15) is 9.59 Å². The molecule has 0 aromatic carbocycles. The van der Waals surface area contributed by atoms with Gasteiger partial charge in [-0.05, 0) is 19.1 Å². The summed E-state index contributed by atoms with van der Waals surface area (Å²) in [4.78, 5) is 31.5. The zero-order chi connectivity index (χ0) is 15.5. The number of nitrogens with zero attached hydrogens (tertiary/aromatic N) is 6. The Balaban J connectivity index is 1.69. The van der Waals surface area contributed by atoms with Crippen molar-refractivity contribution < 1.29 is 14.3 Å². The third kappa shape index (κ3) is 2.57. The second-order valence-electron chi connectivity index (χ2n) is 4.80. The summed E-state index contributed by atoms with van der Waals surface area (Å²) >= 11 is 0. The summed E-state index contributed by atoms with van der Waals surface area (Å²) in [5, 5.41) is 7.78. The van der Waals surface area contributed by atoms with Crippen molar-refractivity contribution in [1.29, 1.82) is 0 Å². The molecule has 0 bridgehead atoms. The van der Waals surface area contributed by atoms with Gasteiger partial charge >= 0.3 is 12.1 Å². The van der Waals surface area contributed by atoms with Gasteiger partial charge in [-0.15, -0.1) is 9.78 Å². The number of carbonyl (C=O) groups excluding carboxylic acids is 2. The molecule has 0 aliphatic carbocycles. The lowest BCUT2D eigenvalue weighted by Gasteiger charge is -2.33. The maximum absolute atomic E-state index is 12.5.